The van der Waals surface area contributed by atoms with Crippen LogP contribution in [0.15, 0.2) is 42.3 Å². The highest BCUT2D eigenvalue weighted by Crippen LogP contribution is 2.40. The molecule has 7 nitrogen and oxygen atoms in total. The number of hydrogen-bond acceptors (Lipinski definition) is 6. The van der Waals surface area contributed by atoms with Gasteiger partial charge in [0.1, 0.15) is 17.2 Å². The highest BCUT2D eigenvalue weighted by Gasteiger charge is 2.31. The van der Waals surface area contributed by atoms with Crippen LogP contribution in [0.5, 0.6) is 23.0 Å². The third-order valence-corrected chi connectivity index (χ3v) is 6.51. The number of halogens is 5. The zero-order valence-electron chi connectivity index (χ0n) is 21.7. The first-order valence-corrected chi connectivity index (χ1v) is 12.1. The van der Waals surface area contributed by atoms with Crippen molar-refractivity contribution in [3.05, 3.63) is 88.1 Å². The average Bonchev–Trinajstić information content (AvgIpc) is 3.49. The molecule has 0 unspecified atom stereocenters. The highest BCUT2D eigenvalue weighted by atomic mass is 19.2. The molecule has 0 fully saturated rings. The molecule has 5 rings (SSSR count). The van der Waals surface area contributed by atoms with Crippen LogP contribution < -0.4 is 18.9 Å². The summed E-state index contributed by atoms with van der Waals surface area (Å²) in [5.41, 5.74) is 2.11. The summed E-state index contributed by atoms with van der Waals surface area (Å²) in [6.45, 7) is 3.00. The number of fused-ring (bicyclic) bond motifs is 2. The van der Waals surface area contributed by atoms with Crippen LogP contribution in [-0.2, 0) is 11.3 Å². The molecule has 12 heteroatoms. The lowest BCUT2D eigenvalue weighted by molar-refractivity contribution is -0.136. The summed E-state index contributed by atoms with van der Waals surface area (Å²) in [6.07, 6.45) is 3.47. The van der Waals surface area contributed by atoms with Gasteiger partial charge in [-0.25, -0.2) is 18.0 Å². The van der Waals surface area contributed by atoms with Crippen molar-refractivity contribution in [2.24, 2.45) is 0 Å². The number of ether oxygens (including phenoxy) is 4. The monoisotopic (exact) mass is 573 g/mol. The Kier molecular flexibility index (Phi) is 7.16. The molecule has 2 heterocycles. The van der Waals surface area contributed by atoms with Gasteiger partial charge in [-0.1, -0.05) is 0 Å². The predicted octanol–water partition coefficient (Wildman–Crippen LogP) is 6.27. The SMILES string of the molecule is CCn1cc(/C=C2\Oc3c(ccc(OC(=O)COc4c(F)c(F)c(F)c(F)c4F)c3C)C2=O)c2cc(OC)ccc21. The Morgan fingerprint density at radius 1 is 1.00 bits per heavy atom. The number of aryl methyl sites for hydroxylation is 1. The molecule has 0 spiro atoms. The number of hydrogen-bond donors (Lipinski definition) is 0. The molecule has 0 saturated heterocycles. The van der Waals surface area contributed by atoms with Crippen molar-refractivity contribution in [3.8, 4) is 23.0 Å². The second kappa shape index (κ2) is 10.6. The maximum absolute atomic E-state index is 13.8. The summed E-state index contributed by atoms with van der Waals surface area (Å²) in [6, 6.07) is 8.27. The summed E-state index contributed by atoms with van der Waals surface area (Å²) in [4.78, 5) is 25.4. The normalized spacial score (nSPS) is 13.5. The van der Waals surface area contributed by atoms with Crippen molar-refractivity contribution in [3.63, 3.8) is 0 Å². The molecular weight excluding hydrogens is 553 g/mol. The summed E-state index contributed by atoms with van der Waals surface area (Å²) >= 11 is 0. The maximum atomic E-state index is 13.8. The molecular formula is C29H20F5NO6. The van der Waals surface area contributed by atoms with Crippen LogP contribution >= 0.6 is 0 Å². The van der Waals surface area contributed by atoms with Gasteiger partial charge in [0.15, 0.2) is 18.1 Å². The number of rotatable bonds is 7. The van der Waals surface area contributed by atoms with Gasteiger partial charge in [-0.2, -0.15) is 8.78 Å². The van der Waals surface area contributed by atoms with Crippen LogP contribution in [0.1, 0.15) is 28.4 Å². The molecule has 0 saturated carbocycles. The van der Waals surface area contributed by atoms with E-state index < -0.39 is 53.2 Å². The fourth-order valence-corrected chi connectivity index (χ4v) is 4.42. The van der Waals surface area contributed by atoms with E-state index in [1.165, 1.54) is 19.1 Å². The summed E-state index contributed by atoms with van der Waals surface area (Å²) < 4.78 is 90.5. The van der Waals surface area contributed by atoms with E-state index in [2.05, 4.69) is 4.74 Å². The van der Waals surface area contributed by atoms with E-state index in [4.69, 9.17) is 14.2 Å². The molecule has 0 atom stereocenters. The Labute approximate surface area is 229 Å². The number of nitrogens with zero attached hydrogens (tertiary/aromatic N) is 1. The molecule has 0 radical (unpaired) electrons. The number of ketones is 1. The number of methoxy groups -OCH3 is 1. The van der Waals surface area contributed by atoms with E-state index in [0.717, 1.165) is 10.9 Å². The number of esters is 1. The van der Waals surface area contributed by atoms with Gasteiger partial charge < -0.3 is 23.5 Å². The fourth-order valence-electron chi connectivity index (χ4n) is 4.42. The largest absolute Gasteiger partial charge is 0.497 e. The quantitative estimate of drug-likeness (QED) is 0.0648. The first kappa shape index (κ1) is 27.7. The Morgan fingerprint density at radius 3 is 2.34 bits per heavy atom. The number of carbonyl (C=O) groups is 2. The van der Waals surface area contributed by atoms with Gasteiger partial charge in [0, 0.05) is 34.8 Å². The minimum absolute atomic E-state index is 0.0270. The topological polar surface area (TPSA) is 76.0 Å². The summed E-state index contributed by atoms with van der Waals surface area (Å²) in [5.74, 6) is -13.8. The van der Waals surface area contributed by atoms with Gasteiger partial charge >= 0.3 is 5.97 Å². The number of allylic oxidation sites excluding steroid dienone is 1. The lowest BCUT2D eigenvalue weighted by Crippen LogP contribution is -2.20. The van der Waals surface area contributed by atoms with Crippen LogP contribution in [0.3, 0.4) is 0 Å². The zero-order valence-corrected chi connectivity index (χ0v) is 21.7. The first-order valence-electron chi connectivity index (χ1n) is 12.1. The van der Waals surface area contributed by atoms with Gasteiger partial charge in [0.2, 0.25) is 34.9 Å². The van der Waals surface area contributed by atoms with Crippen molar-refractivity contribution in [2.45, 2.75) is 20.4 Å². The molecule has 3 aromatic carbocycles. The van der Waals surface area contributed by atoms with E-state index >= 15 is 0 Å². The Morgan fingerprint density at radius 2 is 1.68 bits per heavy atom. The smallest absolute Gasteiger partial charge is 0.349 e. The minimum Gasteiger partial charge on any atom is -0.497 e. The summed E-state index contributed by atoms with van der Waals surface area (Å²) in [7, 11) is 1.55. The van der Waals surface area contributed by atoms with Crippen LogP contribution in [0, 0.1) is 36.0 Å². The molecule has 4 aromatic rings. The lowest BCUT2D eigenvalue weighted by atomic mass is 10.1. The highest BCUT2D eigenvalue weighted by molar-refractivity contribution is 6.15. The Hall–Kier alpha value is -4.87. The van der Waals surface area contributed by atoms with E-state index in [1.54, 1.807) is 13.2 Å². The molecule has 0 amide bonds. The Bertz CT molecular complexity index is 1750. The van der Waals surface area contributed by atoms with Gasteiger partial charge in [-0.3, -0.25) is 4.79 Å². The van der Waals surface area contributed by atoms with Crippen LogP contribution in [0.2, 0.25) is 0 Å². The molecule has 0 bridgehead atoms. The van der Waals surface area contributed by atoms with E-state index in [0.29, 0.717) is 17.9 Å². The predicted molar refractivity (Wildman–Crippen MR) is 136 cm³/mol. The zero-order chi connectivity index (χ0) is 29.6. The van der Waals surface area contributed by atoms with E-state index in [-0.39, 0.29) is 28.4 Å². The van der Waals surface area contributed by atoms with Gasteiger partial charge in [-0.05, 0) is 50.3 Å². The average molecular weight is 573 g/mol. The molecule has 41 heavy (non-hydrogen) atoms. The maximum Gasteiger partial charge on any atom is 0.349 e. The van der Waals surface area contributed by atoms with Crippen molar-refractivity contribution >= 4 is 28.7 Å². The second-order valence-electron chi connectivity index (χ2n) is 8.92. The first-order chi connectivity index (χ1) is 19.5. The molecule has 1 aliphatic heterocycles. The molecule has 1 aromatic heterocycles. The standard InChI is InChI=1S/C29H20F5NO6/c1-4-35-11-14(17-10-15(38-3)5-7-18(17)35)9-20-27(37)16-6-8-19(13(2)28(16)41-20)40-21(36)12-39-29-25(33)23(31)22(30)24(32)26(29)34/h5-11H,4,12H2,1-3H3/b20-9-. The minimum atomic E-state index is -2.36. The number of aromatic nitrogens is 1. The van der Waals surface area contributed by atoms with Crippen molar-refractivity contribution in [1.82, 2.24) is 4.57 Å². The molecule has 0 N–H and O–H groups in total. The third kappa shape index (κ3) is 4.75. The lowest BCUT2D eigenvalue weighted by Gasteiger charge is -2.12. The fraction of sp³-hybridized carbons (Fsp3) is 0.172. The van der Waals surface area contributed by atoms with E-state index in [1.807, 2.05) is 35.9 Å². The van der Waals surface area contributed by atoms with Crippen molar-refractivity contribution in [2.75, 3.05) is 13.7 Å². The molecule has 0 aliphatic carbocycles. The third-order valence-electron chi connectivity index (χ3n) is 6.51. The number of benzene rings is 3. The van der Waals surface area contributed by atoms with E-state index in [9.17, 15) is 31.5 Å². The van der Waals surface area contributed by atoms with Crippen LogP contribution in [0.25, 0.3) is 17.0 Å². The molecule has 1 aliphatic rings. The number of carbonyl (C=O) groups excluding carboxylic acids is 2. The van der Waals surface area contributed by atoms with Crippen molar-refractivity contribution < 1.29 is 50.5 Å². The van der Waals surface area contributed by atoms with Crippen LogP contribution in [0.4, 0.5) is 22.0 Å². The van der Waals surface area contributed by atoms with Crippen LogP contribution in [-0.4, -0.2) is 30.0 Å². The molecule has 212 valence electrons. The second-order valence-corrected chi connectivity index (χ2v) is 8.92. The van der Waals surface area contributed by atoms with Gasteiger partial charge in [0.25, 0.3) is 0 Å². The Balaban J connectivity index is 1.37. The number of Topliss-reactive ketones (excluding diaryl/α,β-unsaturated/α-hetero) is 1. The summed E-state index contributed by atoms with van der Waals surface area (Å²) in [5, 5.41) is 0.839. The van der Waals surface area contributed by atoms with Gasteiger partial charge in [-0.15, -0.1) is 0 Å². The van der Waals surface area contributed by atoms with Crippen molar-refractivity contribution in [1.29, 1.82) is 0 Å². The van der Waals surface area contributed by atoms with Gasteiger partial charge in [0.05, 0.1) is 12.7 Å².